The van der Waals surface area contributed by atoms with Crippen LogP contribution in [0.15, 0.2) is 24.3 Å². The molecule has 1 heterocycles. The zero-order chi connectivity index (χ0) is 11.4. The summed E-state index contributed by atoms with van der Waals surface area (Å²) in [7, 11) is 0. The monoisotopic (exact) mass is 222 g/mol. The molecule has 1 saturated heterocycles. The van der Waals surface area contributed by atoms with Gasteiger partial charge in [-0.25, -0.2) is 4.39 Å². The van der Waals surface area contributed by atoms with Gasteiger partial charge in [0.05, 0.1) is 0 Å². The third-order valence-electron chi connectivity index (χ3n) is 3.31. The van der Waals surface area contributed by atoms with Crippen LogP contribution in [0.3, 0.4) is 0 Å². The molecular weight excluding hydrogens is 203 g/mol. The Kier molecular flexibility index (Phi) is 3.91. The smallest absolute Gasteiger partial charge is 0.123 e. The fourth-order valence-corrected chi connectivity index (χ4v) is 2.36. The van der Waals surface area contributed by atoms with Crippen molar-refractivity contribution in [3.8, 4) is 0 Å². The maximum Gasteiger partial charge on any atom is 0.123 e. The minimum Gasteiger partial charge on any atom is -0.329 e. The number of benzene rings is 1. The van der Waals surface area contributed by atoms with Gasteiger partial charge in [0.1, 0.15) is 5.82 Å². The Labute approximate surface area is 96.2 Å². The van der Waals surface area contributed by atoms with Gasteiger partial charge in [0.25, 0.3) is 0 Å². The van der Waals surface area contributed by atoms with Gasteiger partial charge in [-0.2, -0.15) is 0 Å². The molecule has 1 atom stereocenters. The van der Waals surface area contributed by atoms with Crippen molar-refractivity contribution in [1.29, 1.82) is 0 Å². The summed E-state index contributed by atoms with van der Waals surface area (Å²) in [4.78, 5) is 2.45. The molecule has 2 rings (SSSR count). The summed E-state index contributed by atoms with van der Waals surface area (Å²) in [5, 5.41) is 0. The lowest BCUT2D eigenvalue weighted by molar-refractivity contribution is 0.246. The van der Waals surface area contributed by atoms with Gasteiger partial charge in [0.2, 0.25) is 0 Å². The van der Waals surface area contributed by atoms with Gasteiger partial charge in [0, 0.05) is 12.6 Å². The second-order valence-electron chi connectivity index (χ2n) is 4.46. The number of hydrogen-bond donors (Lipinski definition) is 1. The van der Waals surface area contributed by atoms with Crippen molar-refractivity contribution in [1.82, 2.24) is 4.90 Å². The first-order chi connectivity index (χ1) is 7.79. The summed E-state index contributed by atoms with van der Waals surface area (Å²) in [5.74, 6) is -0.172. The number of nitrogens with two attached hydrogens (primary N) is 1. The minimum atomic E-state index is -0.172. The van der Waals surface area contributed by atoms with Crippen molar-refractivity contribution in [3.05, 3.63) is 35.6 Å². The predicted molar refractivity (Wildman–Crippen MR) is 63.8 cm³/mol. The van der Waals surface area contributed by atoms with Crippen molar-refractivity contribution in [3.63, 3.8) is 0 Å². The molecule has 0 saturated carbocycles. The zero-order valence-electron chi connectivity index (χ0n) is 9.53. The van der Waals surface area contributed by atoms with E-state index >= 15 is 0 Å². The number of rotatable bonds is 4. The summed E-state index contributed by atoms with van der Waals surface area (Å²) in [5.41, 5.74) is 6.98. The Balaban J connectivity index is 1.97. The Hall–Kier alpha value is -0.930. The first kappa shape index (κ1) is 11.6. The number of likely N-dealkylation sites (tertiary alicyclic amines) is 1. The summed E-state index contributed by atoms with van der Waals surface area (Å²) in [6, 6.07) is 7.16. The summed E-state index contributed by atoms with van der Waals surface area (Å²) >= 11 is 0. The van der Waals surface area contributed by atoms with Gasteiger partial charge in [-0.1, -0.05) is 12.1 Å². The van der Waals surface area contributed by atoms with Crippen molar-refractivity contribution >= 4 is 0 Å². The average molecular weight is 222 g/mol. The molecule has 0 aromatic heterocycles. The second kappa shape index (κ2) is 5.41. The van der Waals surface area contributed by atoms with E-state index in [4.69, 9.17) is 5.73 Å². The molecule has 1 unspecified atom stereocenters. The SMILES string of the molecule is NCC(Cc1ccc(F)cc1)N1CCCC1. The lowest BCUT2D eigenvalue weighted by Gasteiger charge is -2.26. The van der Waals surface area contributed by atoms with E-state index in [1.54, 1.807) is 0 Å². The number of hydrogen-bond acceptors (Lipinski definition) is 2. The van der Waals surface area contributed by atoms with E-state index in [-0.39, 0.29) is 5.82 Å². The minimum absolute atomic E-state index is 0.172. The largest absolute Gasteiger partial charge is 0.329 e. The lowest BCUT2D eigenvalue weighted by atomic mass is 10.0. The third-order valence-corrected chi connectivity index (χ3v) is 3.31. The Morgan fingerprint density at radius 3 is 2.38 bits per heavy atom. The molecule has 0 aliphatic carbocycles. The molecule has 1 aromatic rings. The van der Waals surface area contributed by atoms with Gasteiger partial charge >= 0.3 is 0 Å². The van der Waals surface area contributed by atoms with Gasteiger partial charge in [-0.05, 0) is 50.0 Å². The van der Waals surface area contributed by atoms with E-state index < -0.39 is 0 Å². The van der Waals surface area contributed by atoms with Crippen molar-refractivity contribution in [2.24, 2.45) is 5.73 Å². The topological polar surface area (TPSA) is 29.3 Å². The second-order valence-corrected chi connectivity index (χ2v) is 4.46. The molecule has 1 fully saturated rings. The zero-order valence-corrected chi connectivity index (χ0v) is 9.53. The first-order valence-corrected chi connectivity index (χ1v) is 5.98. The maximum atomic E-state index is 12.8. The lowest BCUT2D eigenvalue weighted by Crippen LogP contribution is -2.40. The summed E-state index contributed by atoms with van der Waals surface area (Å²) in [6.07, 6.45) is 3.48. The summed E-state index contributed by atoms with van der Waals surface area (Å²) in [6.45, 7) is 2.99. The van der Waals surface area contributed by atoms with Crippen LogP contribution in [0.5, 0.6) is 0 Å². The molecule has 2 nitrogen and oxygen atoms in total. The van der Waals surface area contributed by atoms with Gasteiger partial charge < -0.3 is 5.73 Å². The molecule has 0 bridgehead atoms. The van der Waals surface area contributed by atoms with E-state index in [1.807, 2.05) is 12.1 Å². The molecule has 1 aromatic carbocycles. The standard InChI is InChI=1S/C13H19FN2/c14-12-5-3-11(4-6-12)9-13(10-15)16-7-1-2-8-16/h3-6,13H,1-2,7-10,15H2. The molecule has 1 aliphatic heterocycles. The highest BCUT2D eigenvalue weighted by Crippen LogP contribution is 2.15. The predicted octanol–water partition coefficient (Wildman–Crippen LogP) is 1.79. The van der Waals surface area contributed by atoms with Crippen molar-refractivity contribution in [2.45, 2.75) is 25.3 Å². The van der Waals surface area contributed by atoms with Crippen LogP contribution in [-0.2, 0) is 6.42 Å². The van der Waals surface area contributed by atoms with E-state index in [1.165, 1.54) is 30.5 Å². The van der Waals surface area contributed by atoms with Crippen LogP contribution in [0.4, 0.5) is 4.39 Å². The van der Waals surface area contributed by atoms with Crippen molar-refractivity contribution in [2.75, 3.05) is 19.6 Å². The van der Waals surface area contributed by atoms with E-state index in [0.717, 1.165) is 19.5 Å². The quantitative estimate of drug-likeness (QED) is 0.841. The van der Waals surface area contributed by atoms with Crippen LogP contribution in [0, 0.1) is 5.82 Å². The number of halogens is 1. The maximum absolute atomic E-state index is 12.8. The molecule has 16 heavy (non-hydrogen) atoms. The molecule has 1 aliphatic rings. The highest BCUT2D eigenvalue weighted by molar-refractivity contribution is 5.17. The molecule has 0 amide bonds. The van der Waals surface area contributed by atoms with Gasteiger partial charge in [-0.15, -0.1) is 0 Å². The first-order valence-electron chi connectivity index (χ1n) is 5.98. The normalized spacial score (nSPS) is 18.9. The molecular formula is C13H19FN2. The highest BCUT2D eigenvalue weighted by Gasteiger charge is 2.20. The molecule has 88 valence electrons. The van der Waals surface area contributed by atoms with Gasteiger partial charge in [-0.3, -0.25) is 4.90 Å². The fourth-order valence-electron chi connectivity index (χ4n) is 2.36. The van der Waals surface area contributed by atoms with Crippen LogP contribution >= 0.6 is 0 Å². The van der Waals surface area contributed by atoms with E-state index in [9.17, 15) is 4.39 Å². The van der Waals surface area contributed by atoms with Gasteiger partial charge in [0.15, 0.2) is 0 Å². The Bertz CT molecular complexity index is 317. The molecule has 0 spiro atoms. The molecule has 3 heteroatoms. The third kappa shape index (κ3) is 2.80. The van der Waals surface area contributed by atoms with Crippen LogP contribution in [0.25, 0.3) is 0 Å². The number of nitrogens with zero attached hydrogens (tertiary/aromatic N) is 1. The molecule has 2 N–H and O–H groups in total. The van der Waals surface area contributed by atoms with E-state index in [2.05, 4.69) is 4.90 Å². The molecule has 0 radical (unpaired) electrons. The fraction of sp³-hybridized carbons (Fsp3) is 0.538. The Morgan fingerprint density at radius 2 is 1.81 bits per heavy atom. The van der Waals surface area contributed by atoms with Crippen LogP contribution in [-0.4, -0.2) is 30.6 Å². The van der Waals surface area contributed by atoms with Crippen LogP contribution in [0.2, 0.25) is 0 Å². The van der Waals surface area contributed by atoms with Crippen LogP contribution < -0.4 is 5.73 Å². The van der Waals surface area contributed by atoms with Crippen LogP contribution in [0.1, 0.15) is 18.4 Å². The highest BCUT2D eigenvalue weighted by atomic mass is 19.1. The van der Waals surface area contributed by atoms with Crippen molar-refractivity contribution < 1.29 is 4.39 Å². The van der Waals surface area contributed by atoms with E-state index in [0.29, 0.717) is 12.6 Å². The summed E-state index contributed by atoms with van der Waals surface area (Å²) < 4.78 is 12.8. The Morgan fingerprint density at radius 1 is 1.19 bits per heavy atom. The average Bonchev–Trinajstić information content (AvgIpc) is 2.82.